The molecule has 0 saturated heterocycles. The van der Waals surface area contributed by atoms with E-state index >= 15 is 0 Å². The normalized spacial score (nSPS) is 8.96. The largest absolute Gasteiger partial charge is 0.508 e. The molecule has 0 atom stereocenters. The Morgan fingerprint density at radius 1 is 0.627 bits per heavy atom. The second-order valence-corrected chi connectivity index (χ2v) is 9.34. The molecule has 5 aromatic rings. The topological polar surface area (TPSA) is 104 Å². The Morgan fingerprint density at radius 2 is 0.922 bits per heavy atom. The van der Waals surface area contributed by atoms with Crippen LogP contribution in [0.1, 0.15) is 26.3 Å². The fourth-order valence-corrected chi connectivity index (χ4v) is 3.48. The summed E-state index contributed by atoms with van der Waals surface area (Å²) in [4.78, 5) is 9.82. The van der Waals surface area contributed by atoms with Crippen LogP contribution in [0, 0.1) is 0 Å². The smallest absolute Gasteiger partial charge is 0.302 e. The number of rotatable bonds is 9. The van der Waals surface area contributed by atoms with Gasteiger partial charge < -0.3 is 33.9 Å². The third-order valence-electron chi connectivity index (χ3n) is 5.81. The highest BCUT2D eigenvalue weighted by Crippen LogP contribution is 2.19. The summed E-state index contributed by atoms with van der Waals surface area (Å²) in [6.07, 6.45) is 0. The highest BCUT2D eigenvalue weighted by Gasteiger charge is 1.97. The summed E-state index contributed by atoms with van der Waals surface area (Å²) in [5.74, 6) is 3.51. The third kappa shape index (κ3) is 26.0. The maximum atomic E-state index is 9.96. The van der Waals surface area contributed by atoms with Crippen molar-refractivity contribution in [2.24, 2.45) is 0 Å². The summed E-state index contributed by atoms with van der Waals surface area (Å²) in [6.45, 7) is 4.79. The number of esters is 1. The molecule has 0 saturated carbocycles. The predicted octanol–water partition coefficient (Wildman–Crippen LogP) is 11.2. The zero-order valence-corrected chi connectivity index (χ0v) is 35.6. The van der Waals surface area contributed by atoms with Crippen molar-refractivity contribution in [2.45, 2.75) is 27.1 Å². The standard InChI is InChI=1S/C14H14O2.C13H12O2.C7H8O2.C4H8O2.CH3F.I2.HI/c1-15-13-7-9-14(10-8-13)16-11-12-5-3-2-4-6-12;14-12-6-8-13(9-7-12)15-10-11-4-2-1-3-5-11;1-9-7-4-2-6(8)3-5-7;1-3-6-4(2)5;2*1-2;/h2-10H,11H2,1H3;1-9,14H,10H2;2-5,8H,1H3;3H2,1-2H3;1H3;;1H/i;;;;1D;;. The fourth-order valence-electron chi connectivity index (χ4n) is 3.48. The first-order chi connectivity index (χ1) is 24.7. The average Bonchev–Trinajstić information content (AvgIpc) is 3.17. The maximum absolute atomic E-state index is 9.96. The van der Waals surface area contributed by atoms with Crippen LogP contribution in [0.15, 0.2) is 133 Å². The Hall–Kier alpha value is -3.51. The van der Waals surface area contributed by atoms with E-state index in [0.29, 0.717) is 19.8 Å². The van der Waals surface area contributed by atoms with Gasteiger partial charge in [0.1, 0.15) is 47.7 Å². The van der Waals surface area contributed by atoms with Crippen LogP contribution in [0.5, 0.6) is 34.5 Å². The molecular formula is C39H46FI3O8. The number of carbonyl (C=O) groups excluding carboxylic acids is 1. The number of phenolic OH excluding ortho intramolecular Hbond substituents is 2. The van der Waals surface area contributed by atoms with Gasteiger partial charge in [-0.05, 0) is 90.8 Å². The van der Waals surface area contributed by atoms with Crippen LogP contribution in [0.2, 0.25) is 0 Å². The van der Waals surface area contributed by atoms with Crippen molar-refractivity contribution in [2.75, 3.05) is 28.0 Å². The SMILES string of the molecule is CCOC(C)=O.COc1ccc(O)cc1.COc1ccc(OCc2ccccc2)cc1.I.II.Oc1ccc(OCc2ccccc2)cc1.[2H]CF. The van der Waals surface area contributed by atoms with Gasteiger partial charge in [0.05, 0.1) is 29.4 Å². The van der Waals surface area contributed by atoms with Crippen LogP contribution < -0.4 is 18.9 Å². The summed E-state index contributed by atoms with van der Waals surface area (Å²) < 4.78 is 41.0. The molecule has 8 nitrogen and oxygen atoms in total. The number of ether oxygens (including phenoxy) is 5. The van der Waals surface area contributed by atoms with Gasteiger partial charge in [-0.15, -0.1) is 24.0 Å². The second-order valence-electron chi connectivity index (χ2n) is 9.34. The van der Waals surface area contributed by atoms with Crippen molar-refractivity contribution < 1.29 is 44.5 Å². The molecule has 12 heteroatoms. The van der Waals surface area contributed by atoms with Gasteiger partial charge in [-0.2, -0.15) is 0 Å². The predicted molar refractivity (Wildman–Crippen MR) is 230 cm³/mol. The molecule has 0 amide bonds. The molecule has 5 aromatic carbocycles. The van der Waals surface area contributed by atoms with Gasteiger partial charge in [-0.3, -0.25) is 9.18 Å². The summed E-state index contributed by atoms with van der Waals surface area (Å²) in [7, 11) is 2.24. The average molecular weight is 1040 g/mol. The zero-order valence-electron chi connectivity index (χ0n) is 29.9. The van der Waals surface area contributed by atoms with E-state index in [0.717, 1.165) is 28.6 Å². The molecule has 0 radical (unpaired) electrons. The Bertz CT molecular complexity index is 1520. The van der Waals surface area contributed by atoms with E-state index in [4.69, 9.17) is 30.5 Å². The van der Waals surface area contributed by atoms with Crippen LogP contribution in [-0.2, 0) is 22.7 Å². The summed E-state index contributed by atoms with van der Waals surface area (Å²) in [6, 6.07) is 40.9. The maximum Gasteiger partial charge on any atom is 0.302 e. The van der Waals surface area contributed by atoms with Gasteiger partial charge in [0.25, 0.3) is 0 Å². The number of alkyl halides is 1. The number of carbonyl (C=O) groups is 1. The number of hydrogen-bond acceptors (Lipinski definition) is 8. The minimum atomic E-state index is -1.00. The van der Waals surface area contributed by atoms with Gasteiger partial charge in [0.15, 0.2) is 0 Å². The number of hydrogen-bond donors (Lipinski definition) is 2. The highest BCUT2D eigenvalue weighted by molar-refractivity contribution is 15.0. The lowest BCUT2D eigenvalue weighted by atomic mass is 10.2. The molecule has 0 fully saturated rings. The lowest BCUT2D eigenvalue weighted by Crippen LogP contribution is -1.95. The second kappa shape index (κ2) is 33.6. The first-order valence-corrected chi connectivity index (χ1v) is 21.2. The number of phenols is 2. The molecule has 0 spiro atoms. The number of benzene rings is 5. The van der Waals surface area contributed by atoms with Crippen molar-refractivity contribution in [3.63, 3.8) is 0 Å². The Morgan fingerprint density at radius 3 is 1.20 bits per heavy atom. The molecule has 0 aromatic heterocycles. The molecule has 278 valence electrons. The van der Waals surface area contributed by atoms with Crippen LogP contribution >= 0.6 is 61.2 Å². The quantitative estimate of drug-likeness (QED) is 0.111. The summed E-state index contributed by atoms with van der Waals surface area (Å²) in [5.41, 5.74) is 2.30. The van der Waals surface area contributed by atoms with E-state index in [1.807, 2.05) is 84.9 Å². The van der Waals surface area contributed by atoms with E-state index in [2.05, 4.69) is 42.0 Å². The van der Waals surface area contributed by atoms with E-state index < -0.39 is 7.15 Å². The highest BCUT2D eigenvalue weighted by atomic mass is 128. The minimum absolute atomic E-state index is 0. The number of methoxy groups -OCH3 is 2. The molecule has 0 aliphatic carbocycles. The molecule has 5 rings (SSSR count). The van der Waals surface area contributed by atoms with Crippen molar-refractivity contribution in [3.8, 4) is 34.5 Å². The molecule has 0 aliphatic rings. The van der Waals surface area contributed by atoms with Crippen LogP contribution in [0.25, 0.3) is 0 Å². The monoisotopic (exact) mass is 1040 g/mol. The molecular weight excluding hydrogens is 996 g/mol. The molecule has 0 heterocycles. The van der Waals surface area contributed by atoms with E-state index in [9.17, 15) is 9.18 Å². The van der Waals surface area contributed by atoms with E-state index in [1.54, 1.807) is 69.7 Å². The van der Waals surface area contributed by atoms with Gasteiger partial charge in [0.2, 0.25) is 0 Å². The van der Waals surface area contributed by atoms with Gasteiger partial charge >= 0.3 is 5.97 Å². The summed E-state index contributed by atoms with van der Waals surface area (Å²) in [5, 5.41) is 17.9. The first-order valence-electron chi connectivity index (χ1n) is 15.7. The third-order valence-corrected chi connectivity index (χ3v) is 5.81. The fraction of sp³-hybridized carbons (Fsp3) is 0.205. The number of aromatic hydroxyl groups is 2. The van der Waals surface area contributed by atoms with Gasteiger partial charge in [-0.25, -0.2) is 0 Å². The zero-order chi connectivity index (χ0) is 38.1. The van der Waals surface area contributed by atoms with Crippen LogP contribution in [-0.4, -0.2) is 44.2 Å². The van der Waals surface area contributed by atoms with Crippen molar-refractivity contribution >= 4 is 67.2 Å². The van der Waals surface area contributed by atoms with Crippen molar-refractivity contribution in [1.29, 1.82) is 0 Å². The number of halogens is 4. The molecule has 0 bridgehead atoms. The molecule has 2 N–H and O–H groups in total. The van der Waals surface area contributed by atoms with Gasteiger partial charge in [0, 0.05) is 44.2 Å². The van der Waals surface area contributed by atoms with Crippen molar-refractivity contribution in [3.05, 3.63) is 145 Å². The molecule has 51 heavy (non-hydrogen) atoms. The van der Waals surface area contributed by atoms with Crippen LogP contribution in [0.4, 0.5) is 4.39 Å². The Labute approximate surface area is 343 Å². The van der Waals surface area contributed by atoms with E-state index in [1.165, 1.54) is 12.5 Å². The lowest BCUT2D eigenvalue weighted by molar-refractivity contribution is -0.140. The first kappa shape index (κ1) is 47.5. The van der Waals surface area contributed by atoms with Crippen LogP contribution in [0.3, 0.4) is 0 Å². The molecule has 0 aliphatic heterocycles. The molecule has 0 unspecified atom stereocenters. The Kier molecular flexibility index (Phi) is 31.3. The lowest BCUT2D eigenvalue weighted by Gasteiger charge is -2.06. The van der Waals surface area contributed by atoms with Crippen molar-refractivity contribution in [1.82, 2.24) is 0 Å². The Balaban J connectivity index is 0. The van der Waals surface area contributed by atoms with E-state index in [-0.39, 0.29) is 41.4 Å². The minimum Gasteiger partial charge on any atom is -0.508 e. The van der Waals surface area contributed by atoms with Gasteiger partial charge in [-0.1, -0.05) is 60.7 Å². The summed E-state index contributed by atoms with van der Waals surface area (Å²) >= 11 is 4.24.